The van der Waals surface area contributed by atoms with Crippen LogP contribution in [0, 0.1) is 11.3 Å². The lowest BCUT2D eigenvalue weighted by Gasteiger charge is -2.23. The van der Waals surface area contributed by atoms with Gasteiger partial charge in [0.25, 0.3) is 0 Å². The summed E-state index contributed by atoms with van der Waals surface area (Å²) in [6, 6.07) is 10.6. The summed E-state index contributed by atoms with van der Waals surface area (Å²) in [4.78, 5) is 15.5. The topological polar surface area (TPSA) is 56.1 Å². The first-order valence-corrected chi connectivity index (χ1v) is 8.00. The number of nitriles is 1. The predicted molar refractivity (Wildman–Crippen MR) is 90.0 cm³/mol. The predicted octanol–water partition coefficient (Wildman–Crippen LogP) is 3.73. The van der Waals surface area contributed by atoms with E-state index in [1.54, 1.807) is 29.5 Å². The number of carbonyl (C=O) groups is 1. The minimum atomic E-state index is -0.281. The second kappa shape index (κ2) is 7.41. The van der Waals surface area contributed by atoms with Crippen LogP contribution in [0.1, 0.15) is 17.4 Å². The molecular weight excluding hydrogens is 318 g/mol. The second-order valence-corrected chi connectivity index (χ2v) is 6.41. The van der Waals surface area contributed by atoms with Gasteiger partial charge in [0.05, 0.1) is 16.6 Å². The summed E-state index contributed by atoms with van der Waals surface area (Å²) in [7, 11) is 1.91. The summed E-state index contributed by atoms with van der Waals surface area (Å²) >= 11 is 7.64. The van der Waals surface area contributed by atoms with Crippen molar-refractivity contribution in [2.24, 2.45) is 0 Å². The van der Waals surface area contributed by atoms with Gasteiger partial charge in [-0.1, -0.05) is 17.7 Å². The molecule has 114 valence electrons. The van der Waals surface area contributed by atoms with Crippen LogP contribution in [0.2, 0.25) is 5.02 Å². The first-order valence-electron chi connectivity index (χ1n) is 6.74. The molecule has 0 aliphatic rings. The normalized spacial score (nSPS) is 12.0. The van der Waals surface area contributed by atoms with E-state index in [1.165, 1.54) is 4.88 Å². The largest absolute Gasteiger partial charge is 0.325 e. The number of likely N-dealkylation sites (N-methyl/N-ethyl adjacent to an activating group) is 1. The summed E-state index contributed by atoms with van der Waals surface area (Å²) in [6.45, 7) is 2.58. The van der Waals surface area contributed by atoms with Crippen LogP contribution in [0.5, 0.6) is 0 Å². The number of benzene rings is 1. The van der Waals surface area contributed by atoms with Crippen LogP contribution in [-0.2, 0) is 11.3 Å². The maximum absolute atomic E-state index is 12.3. The van der Waals surface area contributed by atoms with Gasteiger partial charge in [-0.15, -0.1) is 11.3 Å². The van der Waals surface area contributed by atoms with Gasteiger partial charge in [0.1, 0.15) is 6.07 Å². The van der Waals surface area contributed by atoms with Crippen LogP contribution in [0.4, 0.5) is 5.69 Å². The van der Waals surface area contributed by atoms with E-state index >= 15 is 0 Å². The highest BCUT2D eigenvalue weighted by molar-refractivity contribution is 7.09. The molecule has 0 spiro atoms. The standard InChI is InChI=1S/C16H16ClN3OS/c1-11(20(2)10-14-4-3-7-22-14)16(21)19-13-6-5-12(9-18)15(17)8-13/h3-8,11H,10H2,1-2H3,(H,19,21). The molecule has 4 nitrogen and oxygen atoms in total. The lowest BCUT2D eigenvalue weighted by molar-refractivity contribution is -0.120. The smallest absolute Gasteiger partial charge is 0.241 e. The van der Waals surface area contributed by atoms with Gasteiger partial charge in [-0.25, -0.2) is 0 Å². The number of rotatable bonds is 5. The van der Waals surface area contributed by atoms with Crippen LogP contribution in [0.3, 0.4) is 0 Å². The third-order valence-corrected chi connectivity index (χ3v) is 4.56. The number of hydrogen-bond donors (Lipinski definition) is 1. The molecule has 1 unspecified atom stereocenters. The van der Waals surface area contributed by atoms with Gasteiger partial charge in [0.2, 0.25) is 5.91 Å². The Morgan fingerprint density at radius 3 is 2.86 bits per heavy atom. The minimum absolute atomic E-state index is 0.111. The summed E-state index contributed by atoms with van der Waals surface area (Å²) in [6.07, 6.45) is 0. The van der Waals surface area contributed by atoms with Crippen LogP contribution >= 0.6 is 22.9 Å². The third kappa shape index (κ3) is 4.08. The van der Waals surface area contributed by atoms with E-state index < -0.39 is 0 Å². The van der Waals surface area contributed by atoms with Crippen molar-refractivity contribution in [2.75, 3.05) is 12.4 Å². The average Bonchev–Trinajstić information content (AvgIpc) is 2.99. The first-order chi connectivity index (χ1) is 10.5. The molecule has 1 aromatic carbocycles. The van der Waals surface area contributed by atoms with E-state index in [0.717, 1.165) is 6.54 Å². The van der Waals surface area contributed by atoms with E-state index in [1.807, 2.05) is 42.5 Å². The number of anilines is 1. The van der Waals surface area contributed by atoms with Crippen LogP contribution in [0.15, 0.2) is 35.7 Å². The fraction of sp³-hybridized carbons (Fsp3) is 0.250. The Balaban J connectivity index is 1.99. The molecule has 2 rings (SSSR count). The van der Waals surface area contributed by atoms with Gasteiger partial charge in [-0.2, -0.15) is 5.26 Å². The zero-order chi connectivity index (χ0) is 16.1. The van der Waals surface area contributed by atoms with E-state index in [-0.39, 0.29) is 11.9 Å². The van der Waals surface area contributed by atoms with E-state index in [0.29, 0.717) is 16.3 Å². The number of hydrogen-bond acceptors (Lipinski definition) is 4. The highest BCUT2D eigenvalue weighted by Crippen LogP contribution is 2.20. The fourth-order valence-corrected chi connectivity index (χ4v) is 2.91. The Morgan fingerprint density at radius 1 is 1.50 bits per heavy atom. The average molecular weight is 334 g/mol. The molecule has 0 saturated heterocycles. The molecule has 0 bridgehead atoms. The number of carbonyl (C=O) groups excluding carboxylic acids is 1. The summed E-state index contributed by atoms with van der Waals surface area (Å²) in [5, 5.41) is 14.0. The van der Waals surface area contributed by atoms with E-state index in [9.17, 15) is 4.79 Å². The Kier molecular flexibility index (Phi) is 5.56. The maximum atomic E-state index is 12.3. The summed E-state index contributed by atoms with van der Waals surface area (Å²) in [5.41, 5.74) is 0.980. The third-order valence-electron chi connectivity index (χ3n) is 3.38. The van der Waals surface area contributed by atoms with Crippen molar-refractivity contribution in [2.45, 2.75) is 19.5 Å². The molecule has 6 heteroatoms. The minimum Gasteiger partial charge on any atom is -0.325 e. The lowest BCUT2D eigenvalue weighted by Crippen LogP contribution is -2.39. The molecule has 1 aromatic heterocycles. The van der Waals surface area contributed by atoms with Gasteiger partial charge >= 0.3 is 0 Å². The zero-order valence-electron chi connectivity index (χ0n) is 12.3. The molecule has 1 atom stereocenters. The summed E-state index contributed by atoms with van der Waals surface area (Å²) < 4.78 is 0. The Morgan fingerprint density at radius 2 is 2.27 bits per heavy atom. The molecule has 0 radical (unpaired) electrons. The van der Waals surface area contributed by atoms with Gasteiger partial charge in [0, 0.05) is 17.1 Å². The Hall–Kier alpha value is -1.87. The molecule has 1 N–H and O–H groups in total. The van der Waals surface area contributed by atoms with Crippen molar-refractivity contribution in [3.8, 4) is 6.07 Å². The molecular formula is C16H16ClN3OS. The molecule has 0 aliphatic carbocycles. The number of nitrogens with one attached hydrogen (secondary N) is 1. The van der Waals surface area contributed by atoms with Crippen LogP contribution < -0.4 is 5.32 Å². The zero-order valence-corrected chi connectivity index (χ0v) is 13.9. The number of amides is 1. The Labute approximate surface area is 138 Å². The number of nitrogens with zero attached hydrogens (tertiary/aromatic N) is 2. The summed E-state index contributed by atoms with van der Waals surface area (Å²) in [5.74, 6) is -0.111. The highest BCUT2D eigenvalue weighted by Gasteiger charge is 2.18. The Bertz CT molecular complexity index is 694. The maximum Gasteiger partial charge on any atom is 0.241 e. The molecule has 0 saturated carbocycles. The van der Waals surface area contributed by atoms with Gasteiger partial charge in [0.15, 0.2) is 0 Å². The van der Waals surface area contributed by atoms with E-state index in [4.69, 9.17) is 16.9 Å². The number of halogens is 1. The molecule has 0 fully saturated rings. The van der Waals surface area contributed by atoms with Gasteiger partial charge in [-0.05, 0) is 43.6 Å². The first kappa shape index (κ1) is 16.5. The van der Waals surface area contributed by atoms with Crippen LogP contribution in [-0.4, -0.2) is 23.9 Å². The number of thiophene rings is 1. The van der Waals surface area contributed by atoms with Crippen molar-refractivity contribution < 1.29 is 4.79 Å². The quantitative estimate of drug-likeness (QED) is 0.907. The molecule has 1 amide bonds. The lowest BCUT2D eigenvalue weighted by atomic mass is 10.2. The molecule has 0 aliphatic heterocycles. The van der Waals surface area contributed by atoms with Gasteiger partial charge < -0.3 is 5.32 Å². The van der Waals surface area contributed by atoms with Crippen LogP contribution in [0.25, 0.3) is 0 Å². The molecule has 1 heterocycles. The monoisotopic (exact) mass is 333 g/mol. The van der Waals surface area contributed by atoms with Crippen molar-refractivity contribution in [3.05, 3.63) is 51.2 Å². The van der Waals surface area contributed by atoms with E-state index in [2.05, 4.69) is 5.32 Å². The van der Waals surface area contributed by atoms with Crippen molar-refractivity contribution in [1.29, 1.82) is 5.26 Å². The van der Waals surface area contributed by atoms with Crippen molar-refractivity contribution >= 4 is 34.5 Å². The highest BCUT2D eigenvalue weighted by atomic mass is 35.5. The molecule has 22 heavy (non-hydrogen) atoms. The van der Waals surface area contributed by atoms with Crippen molar-refractivity contribution in [1.82, 2.24) is 4.90 Å². The van der Waals surface area contributed by atoms with Crippen molar-refractivity contribution in [3.63, 3.8) is 0 Å². The SMILES string of the molecule is CC(C(=O)Nc1ccc(C#N)c(Cl)c1)N(C)Cc1cccs1. The van der Waals surface area contributed by atoms with Gasteiger partial charge in [-0.3, -0.25) is 9.69 Å². The second-order valence-electron chi connectivity index (χ2n) is 4.97. The molecule has 2 aromatic rings. The fourth-order valence-electron chi connectivity index (χ4n) is 1.92.